The third-order valence-corrected chi connectivity index (χ3v) is 4.31. The van der Waals surface area contributed by atoms with E-state index in [4.69, 9.17) is 0 Å². The van der Waals surface area contributed by atoms with E-state index in [-0.39, 0.29) is 5.78 Å². The molecule has 1 atom stereocenters. The minimum absolute atomic E-state index is 0.245. The SMILES string of the molecule is CCN(CC(=O)c1cc(C)sc1C)C(C)CN(C)C. The zero-order valence-corrected chi connectivity index (χ0v) is 13.8. The van der Waals surface area contributed by atoms with Crippen molar-refractivity contribution < 1.29 is 4.79 Å². The molecule has 1 unspecified atom stereocenters. The van der Waals surface area contributed by atoms with Gasteiger partial charge < -0.3 is 4.90 Å². The Morgan fingerprint density at radius 3 is 2.42 bits per heavy atom. The molecule has 0 radical (unpaired) electrons. The molecule has 19 heavy (non-hydrogen) atoms. The lowest BCUT2D eigenvalue weighted by Crippen LogP contribution is -2.42. The minimum atomic E-state index is 0.245. The number of Topliss-reactive ketones (excluding diaryl/α,β-unsaturated/α-hetero) is 1. The van der Waals surface area contributed by atoms with Crippen molar-refractivity contribution >= 4 is 17.1 Å². The van der Waals surface area contributed by atoms with Gasteiger partial charge in [-0.25, -0.2) is 0 Å². The second-order valence-electron chi connectivity index (χ2n) is 5.42. The molecular formula is C15H26N2OS. The van der Waals surface area contributed by atoms with Gasteiger partial charge in [0.1, 0.15) is 0 Å². The van der Waals surface area contributed by atoms with Crippen molar-refractivity contribution in [3.8, 4) is 0 Å². The van der Waals surface area contributed by atoms with Crippen LogP contribution in [0.5, 0.6) is 0 Å². The Kier molecular flexibility index (Phi) is 6.17. The van der Waals surface area contributed by atoms with Gasteiger partial charge in [-0.3, -0.25) is 9.69 Å². The Balaban J connectivity index is 2.70. The molecule has 0 aromatic carbocycles. The van der Waals surface area contributed by atoms with Crippen molar-refractivity contribution in [2.45, 2.75) is 33.7 Å². The number of rotatable bonds is 7. The van der Waals surface area contributed by atoms with Crippen molar-refractivity contribution in [1.29, 1.82) is 0 Å². The Hall–Kier alpha value is -0.710. The highest BCUT2D eigenvalue weighted by atomic mass is 32.1. The summed E-state index contributed by atoms with van der Waals surface area (Å²) in [6.07, 6.45) is 0. The van der Waals surface area contributed by atoms with Gasteiger partial charge in [0.15, 0.2) is 5.78 Å². The second kappa shape index (κ2) is 7.17. The predicted molar refractivity (Wildman–Crippen MR) is 83.4 cm³/mol. The lowest BCUT2D eigenvalue weighted by Gasteiger charge is -2.29. The van der Waals surface area contributed by atoms with Crippen LogP contribution in [-0.2, 0) is 0 Å². The number of carbonyl (C=O) groups is 1. The summed E-state index contributed by atoms with van der Waals surface area (Å²) < 4.78 is 0. The fraction of sp³-hybridized carbons (Fsp3) is 0.667. The zero-order chi connectivity index (χ0) is 14.6. The molecule has 0 bridgehead atoms. The molecule has 0 saturated carbocycles. The fourth-order valence-corrected chi connectivity index (χ4v) is 3.34. The van der Waals surface area contributed by atoms with E-state index in [0.717, 1.165) is 23.5 Å². The maximum Gasteiger partial charge on any atom is 0.177 e. The van der Waals surface area contributed by atoms with Crippen molar-refractivity contribution in [2.24, 2.45) is 0 Å². The fourth-order valence-electron chi connectivity index (χ4n) is 2.40. The molecule has 0 spiro atoms. The molecule has 1 rings (SSSR count). The Labute approximate surface area is 121 Å². The van der Waals surface area contributed by atoms with E-state index in [1.165, 1.54) is 4.88 Å². The number of hydrogen-bond donors (Lipinski definition) is 0. The Bertz CT molecular complexity index is 426. The van der Waals surface area contributed by atoms with Gasteiger partial charge in [0.05, 0.1) is 6.54 Å². The lowest BCUT2D eigenvalue weighted by atomic mass is 10.1. The molecule has 0 aliphatic heterocycles. The number of hydrogen-bond acceptors (Lipinski definition) is 4. The summed E-state index contributed by atoms with van der Waals surface area (Å²) in [5.41, 5.74) is 0.901. The maximum atomic E-state index is 12.4. The summed E-state index contributed by atoms with van der Waals surface area (Å²) in [5, 5.41) is 0. The molecule has 3 nitrogen and oxygen atoms in total. The first kappa shape index (κ1) is 16.3. The zero-order valence-electron chi connectivity index (χ0n) is 13.0. The molecule has 0 amide bonds. The summed E-state index contributed by atoms with van der Waals surface area (Å²) in [6, 6.07) is 2.41. The van der Waals surface area contributed by atoms with Gasteiger partial charge in [-0.2, -0.15) is 0 Å². The van der Waals surface area contributed by atoms with E-state index >= 15 is 0 Å². The highest BCUT2D eigenvalue weighted by Gasteiger charge is 2.19. The first-order valence-electron chi connectivity index (χ1n) is 6.84. The van der Waals surface area contributed by atoms with E-state index in [9.17, 15) is 4.79 Å². The smallest absolute Gasteiger partial charge is 0.177 e. The van der Waals surface area contributed by atoms with Crippen molar-refractivity contribution in [2.75, 3.05) is 33.7 Å². The van der Waals surface area contributed by atoms with Crippen molar-refractivity contribution in [3.63, 3.8) is 0 Å². The monoisotopic (exact) mass is 282 g/mol. The van der Waals surface area contributed by atoms with Gasteiger partial charge in [0, 0.05) is 27.9 Å². The van der Waals surface area contributed by atoms with Gasteiger partial charge in [-0.05, 0) is 47.5 Å². The molecule has 4 heteroatoms. The maximum absolute atomic E-state index is 12.4. The molecule has 1 aromatic rings. The number of ketones is 1. The third-order valence-electron chi connectivity index (χ3n) is 3.35. The van der Waals surface area contributed by atoms with Crippen LogP contribution in [0.3, 0.4) is 0 Å². The van der Waals surface area contributed by atoms with E-state index in [1.807, 2.05) is 13.0 Å². The number of likely N-dealkylation sites (N-methyl/N-ethyl adjacent to an activating group) is 2. The summed E-state index contributed by atoms with van der Waals surface area (Å²) in [7, 11) is 4.14. The highest BCUT2D eigenvalue weighted by molar-refractivity contribution is 7.12. The molecule has 0 N–H and O–H groups in total. The molecule has 0 aliphatic rings. The quantitative estimate of drug-likeness (QED) is 0.719. The first-order valence-corrected chi connectivity index (χ1v) is 7.65. The van der Waals surface area contributed by atoms with Gasteiger partial charge in [0.2, 0.25) is 0 Å². The van der Waals surface area contributed by atoms with Crippen LogP contribution >= 0.6 is 11.3 Å². The molecule has 0 saturated heterocycles. The Morgan fingerprint density at radius 1 is 1.37 bits per heavy atom. The van der Waals surface area contributed by atoms with Crippen molar-refractivity contribution in [3.05, 3.63) is 21.4 Å². The number of carbonyl (C=O) groups excluding carboxylic acids is 1. The van der Waals surface area contributed by atoms with E-state index in [1.54, 1.807) is 11.3 Å². The molecule has 0 aliphatic carbocycles. The lowest BCUT2D eigenvalue weighted by molar-refractivity contribution is 0.0888. The van der Waals surface area contributed by atoms with Crippen LogP contribution in [-0.4, -0.2) is 55.4 Å². The van der Waals surface area contributed by atoms with E-state index in [0.29, 0.717) is 12.6 Å². The summed E-state index contributed by atoms with van der Waals surface area (Å²) in [5.74, 6) is 0.245. The van der Waals surface area contributed by atoms with Gasteiger partial charge >= 0.3 is 0 Å². The summed E-state index contributed by atoms with van der Waals surface area (Å²) in [6.45, 7) is 10.8. The highest BCUT2D eigenvalue weighted by Crippen LogP contribution is 2.21. The second-order valence-corrected chi connectivity index (χ2v) is 6.88. The average Bonchev–Trinajstić information content (AvgIpc) is 2.64. The van der Waals surface area contributed by atoms with Crippen LogP contribution in [0.1, 0.15) is 34.0 Å². The minimum Gasteiger partial charge on any atom is -0.308 e. The average molecular weight is 282 g/mol. The standard InChI is InChI=1S/C15H26N2OS/c1-7-17(11(2)9-16(5)6)10-15(18)14-8-12(3)19-13(14)4/h8,11H,7,9-10H2,1-6H3. The summed E-state index contributed by atoms with van der Waals surface area (Å²) >= 11 is 1.70. The van der Waals surface area contributed by atoms with E-state index in [2.05, 4.69) is 44.7 Å². The van der Waals surface area contributed by atoms with Crippen LogP contribution in [0.15, 0.2) is 6.07 Å². The first-order chi connectivity index (χ1) is 8.85. The normalized spacial score (nSPS) is 13.3. The van der Waals surface area contributed by atoms with Crippen LogP contribution in [0.25, 0.3) is 0 Å². The molecular weight excluding hydrogens is 256 g/mol. The largest absolute Gasteiger partial charge is 0.308 e. The van der Waals surface area contributed by atoms with Gasteiger partial charge in [0.25, 0.3) is 0 Å². The number of thiophene rings is 1. The van der Waals surface area contributed by atoms with Crippen LogP contribution in [0.4, 0.5) is 0 Å². The predicted octanol–water partition coefficient (Wildman–Crippen LogP) is 2.82. The van der Waals surface area contributed by atoms with Crippen molar-refractivity contribution in [1.82, 2.24) is 9.80 Å². The third kappa shape index (κ3) is 4.71. The van der Waals surface area contributed by atoms with Crippen LogP contribution in [0.2, 0.25) is 0 Å². The van der Waals surface area contributed by atoms with Gasteiger partial charge in [-0.15, -0.1) is 11.3 Å². The number of nitrogens with zero attached hydrogens (tertiary/aromatic N) is 2. The molecule has 0 fully saturated rings. The van der Waals surface area contributed by atoms with Gasteiger partial charge in [-0.1, -0.05) is 6.92 Å². The molecule has 1 heterocycles. The summed E-state index contributed by atoms with van der Waals surface area (Å²) in [4.78, 5) is 19.2. The molecule has 108 valence electrons. The van der Waals surface area contributed by atoms with Crippen LogP contribution < -0.4 is 0 Å². The topological polar surface area (TPSA) is 23.6 Å². The number of aryl methyl sites for hydroxylation is 2. The Morgan fingerprint density at radius 2 is 2.00 bits per heavy atom. The molecule has 1 aromatic heterocycles. The van der Waals surface area contributed by atoms with Crippen LogP contribution in [0, 0.1) is 13.8 Å². The van der Waals surface area contributed by atoms with E-state index < -0.39 is 0 Å².